The minimum atomic E-state index is 0.740. The molecule has 0 fully saturated rings. The summed E-state index contributed by atoms with van der Waals surface area (Å²) in [5.41, 5.74) is 4.49. The van der Waals surface area contributed by atoms with Crippen LogP contribution in [0.4, 0.5) is 0 Å². The molecule has 0 amide bonds. The fourth-order valence-electron chi connectivity index (χ4n) is 2.29. The lowest BCUT2D eigenvalue weighted by molar-refractivity contribution is 0.674. The predicted molar refractivity (Wildman–Crippen MR) is 61.7 cm³/mol. The zero-order valence-corrected chi connectivity index (χ0v) is 9.09. The van der Waals surface area contributed by atoms with Gasteiger partial charge in [-0.1, -0.05) is 42.8 Å². The number of aryl methyl sites for hydroxylation is 1. The molecule has 0 heteroatoms. The highest BCUT2D eigenvalue weighted by atomic mass is 14.2. The molecule has 0 radical (unpaired) electrons. The number of benzene rings is 1. The van der Waals surface area contributed by atoms with Crippen molar-refractivity contribution in [3.8, 4) is 0 Å². The highest BCUT2D eigenvalue weighted by Crippen LogP contribution is 2.30. The van der Waals surface area contributed by atoms with Crippen LogP contribution < -0.4 is 0 Å². The number of fused-ring (bicyclic) bond motifs is 1. The third kappa shape index (κ3) is 1.75. The van der Waals surface area contributed by atoms with E-state index in [1.54, 1.807) is 5.56 Å². The van der Waals surface area contributed by atoms with Gasteiger partial charge in [-0.3, -0.25) is 0 Å². The van der Waals surface area contributed by atoms with Crippen LogP contribution in [0.15, 0.2) is 30.4 Å². The van der Waals surface area contributed by atoms with Crippen molar-refractivity contribution in [2.24, 2.45) is 0 Å². The Morgan fingerprint density at radius 3 is 2.93 bits per heavy atom. The topological polar surface area (TPSA) is 0 Å². The van der Waals surface area contributed by atoms with Crippen LogP contribution in [0.25, 0.3) is 0 Å². The molecule has 1 aromatic rings. The zero-order chi connectivity index (χ0) is 9.97. The monoisotopic (exact) mass is 186 g/mol. The Morgan fingerprint density at radius 1 is 1.29 bits per heavy atom. The molecule has 0 nitrogen and oxygen atoms in total. The molecule has 0 saturated carbocycles. The molecular weight excluding hydrogens is 168 g/mol. The van der Waals surface area contributed by atoms with Crippen LogP contribution in [0.5, 0.6) is 0 Å². The third-order valence-corrected chi connectivity index (χ3v) is 3.16. The number of allylic oxidation sites excluding steroid dienone is 2. The Kier molecular flexibility index (Phi) is 2.72. The average Bonchev–Trinajstić information content (AvgIpc) is 2.38. The lowest BCUT2D eigenvalue weighted by Crippen LogP contribution is -1.99. The summed E-state index contributed by atoms with van der Waals surface area (Å²) in [6.45, 7) is 4.46. The molecule has 2 rings (SSSR count). The normalized spacial score (nSPS) is 20.3. The zero-order valence-electron chi connectivity index (χ0n) is 9.09. The molecule has 1 aliphatic rings. The molecule has 0 bridgehead atoms. The molecule has 0 spiro atoms. The Labute approximate surface area is 86.7 Å². The number of hydrogen-bond donors (Lipinski definition) is 0. The first kappa shape index (κ1) is 9.51. The Bertz CT molecular complexity index is 347. The van der Waals surface area contributed by atoms with Gasteiger partial charge in [-0.25, -0.2) is 0 Å². The van der Waals surface area contributed by atoms with Crippen LogP contribution in [-0.4, -0.2) is 0 Å². The minimum Gasteiger partial charge on any atom is -0.0876 e. The van der Waals surface area contributed by atoms with Crippen LogP contribution in [-0.2, 0) is 6.42 Å². The molecule has 1 aliphatic carbocycles. The van der Waals surface area contributed by atoms with Crippen LogP contribution in [0, 0.1) is 6.92 Å². The van der Waals surface area contributed by atoms with Gasteiger partial charge >= 0.3 is 0 Å². The SMILES string of the molecule is CC[C@@H]1CC=CCc2cc(C)ccc21. The Balaban J connectivity index is 2.44. The highest BCUT2D eigenvalue weighted by molar-refractivity contribution is 5.37. The average molecular weight is 186 g/mol. The molecule has 14 heavy (non-hydrogen) atoms. The first-order chi connectivity index (χ1) is 6.81. The summed E-state index contributed by atoms with van der Waals surface area (Å²) in [7, 11) is 0. The van der Waals surface area contributed by atoms with E-state index >= 15 is 0 Å². The van der Waals surface area contributed by atoms with Crippen molar-refractivity contribution in [2.75, 3.05) is 0 Å². The lowest BCUT2D eigenvalue weighted by atomic mass is 9.89. The minimum absolute atomic E-state index is 0.740. The van der Waals surface area contributed by atoms with Gasteiger partial charge in [0.1, 0.15) is 0 Å². The molecule has 0 aliphatic heterocycles. The van der Waals surface area contributed by atoms with E-state index in [4.69, 9.17) is 0 Å². The van der Waals surface area contributed by atoms with E-state index < -0.39 is 0 Å². The van der Waals surface area contributed by atoms with E-state index in [-0.39, 0.29) is 0 Å². The maximum Gasteiger partial charge on any atom is -0.00945 e. The molecule has 1 atom stereocenters. The standard InChI is InChI=1S/C14H18/c1-3-12-6-4-5-7-13-10-11(2)8-9-14(12)13/h4-5,8-10,12H,3,6-7H2,1-2H3/t12-/m1/s1. The van der Waals surface area contributed by atoms with Gasteiger partial charge in [-0.05, 0) is 43.2 Å². The van der Waals surface area contributed by atoms with E-state index in [9.17, 15) is 0 Å². The van der Waals surface area contributed by atoms with Crippen molar-refractivity contribution >= 4 is 0 Å². The second-order valence-electron chi connectivity index (χ2n) is 4.22. The summed E-state index contributed by atoms with van der Waals surface area (Å²) in [6, 6.07) is 6.91. The molecule has 0 unspecified atom stereocenters. The molecule has 74 valence electrons. The predicted octanol–water partition coefficient (Wildman–Crippen LogP) is 3.99. The molecular formula is C14H18. The van der Waals surface area contributed by atoms with E-state index in [1.807, 2.05) is 0 Å². The molecule has 0 heterocycles. The highest BCUT2D eigenvalue weighted by Gasteiger charge is 2.13. The first-order valence-electron chi connectivity index (χ1n) is 5.55. The summed E-state index contributed by atoms with van der Waals surface area (Å²) >= 11 is 0. The smallest absolute Gasteiger partial charge is 0.00945 e. The maximum absolute atomic E-state index is 2.34. The quantitative estimate of drug-likeness (QED) is 0.582. The second-order valence-corrected chi connectivity index (χ2v) is 4.22. The van der Waals surface area contributed by atoms with Gasteiger partial charge in [0.15, 0.2) is 0 Å². The van der Waals surface area contributed by atoms with Crippen molar-refractivity contribution < 1.29 is 0 Å². The van der Waals surface area contributed by atoms with Gasteiger partial charge in [-0.2, -0.15) is 0 Å². The molecule has 0 saturated heterocycles. The van der Waals surface area contributed by atoms with E-state index in [1.165, 1.54) is 24.0 Å². The Morgan fingerprint density at radius 2 is 2.14 bits per heavy atom. The first-order valence-corrected chi connectivity index (χ1v) is 5.55. The van der Waals surface area contributed by atoms with Gasteiger partial charge in [0.2, 0.25) is 0 Å². The van der Waals surface area contributed by atoms with Crippen molar-refractivity contribution in [3.63, 3.8) is 0 Å². The fourth-order valence-corrected chi connectivity index (χ4v) is 2.29. The third-order valence-electron chi connectivity index (χ3n) is 3.16. The fraction of sp³-hybridized carbons (Fsp3) is 0.429. The van der Waals surface area contributed by atoms with E-state index in [0.29, 0.717) is 0 Å². The van der Waals surface area contributed by atoms with Crippen LogP contribution >= 0.6 is 0 Å². The summed E-state index contributed by atoms with van der Waals surface area (Å²) in [6.07, 6.45) is 8.23. The summed E-state index contributed by atoms with van der Waals surface area (Å²) in [4.78, 5) is 0. The van der Waals surface area contributed by atoms with Crippen molar-refractivity contribution in [2.45, 2.75) is 39.0 Å². The molecule has 0 N–H and O–H groups in total. The van der Waals surface area contributed by atoms with E-state index in [0.717, 1.165) is 12.3 Å². The summed E-state index contributed by atoms with van der Waals surface area (Å²) in [5.74, 6) is 0.740. The van der Waals surface area contributed by atoms with Crippen molar-refractivity contribution in [1.29, 1.82) is 0 Å². The van der Waals surface area contributed by atoms with E-state index in [2.05, 4.69) is 44.2 Å². The number of hydrogen-bond acceptors (Lipinski definition) is 0. The van der Waals surface area contributed by atoms with Crippen LogP contribution in [0.2, 0.25) is 0 Å². The van der Waals surface area contributed by atoms with Gasteiger partial charge in [0, 0.05) is 0 Å². The molecule has 1 aromatic carbocycles. The van der Waals surface area contributed by atoms with Gasteiger partial charge in [0.05, 0.1) is 0 Å². The van der Waals surface area contributed by atoms with Crippen LogP contribution in [0.1, 0.15) is 42.4 Å². The lowest BCUT2D eigenvalue weighted by Gasteiger charge is -2.15. The summed E-state index contributed by atoms with van der Waals surface area (Å²) in [5, 5.41) is 0. The maximum atomic E-state index is 2.34. The van der Waals surface area contributed by atoms with Crippen LogP contribution in [0.3, 0.4) is 0 Å². The van der Waals surface area contributed by atoms with Gasteiger partial charge in [-0.15, -0.1) is 0 Å². The molecule has 0 aromatic heterocycles. The largest absolute Gasteiger partial charge is 0.0876 e. The second kappa shape index (κ2) is 4.00. The van der Waals surface area contributed by atoms with Crippen molar-refractivity contribution in [3.05, 3.63) is 47.0 Å². The van der Waals surface area contributed by atoms with Crippen molar-refractivity contribution in [1.82, 2.24) is 0 Å². The Hall–Kier alpha value is -1.04. The summed E-state index contributed by atoms with van der Waals surface area (Å²) < 4.78 is 0. The van der Waals surface area contributed by atoms with Gasteiger partial charge in [0.25, 0.3) is 0 Å². The van der Waals surface area contributed by atoms with Gasteiger partial charge < -0.3 is 0 Å². The number of rotatable bonds is 1.